The Labute approximate surface area is 178 Å². The van der Waals surface area contributed by atoms with Crippen LogP contribution in [0.2, 0.25) is 5.02 Å². The van der Waals surface area contributed by atoms with Crippen molar-refractivity contribution in [3.8, 4) is 0 Å². The molecule has 0 radical (unpaired) electrons. The van der Waals surface area contributed by atoms with E-state index in [0.717, 1.165) is 31.6 Å². The van der Waals surface area contributed by atoms with Crippen LogP contribution >= 0.6 is 11.6 Å². The smallest absolute Gasteiger partial charge is 0.254 e. The zero-order valence-electron chi connectivity index (χ0n) is 16.6. The zero-order chi connectivity index (χ0) is 20.4. The van der Waals surface area contributed by atoms with E-state index in [2.05, 4.69) is 22.1 Å². The van der Waals surface area contributed by atoms with Gasteiger partial charge in [-0.05, 0) is 37.3 Å². The molecule has 4 aliphatic rings. The number of fused-ring (bicyclic) bond motifs is 3. The number of para-hydroxylation sites is 1. The number of benzene rings is 1. The van der Waals surface area contributed by atoms with Gasteiger partial charge in [-0.1, -0.05) is 29.7 Å². The van der Waals surface area contributed by atoms with Crippen LogP contribution in [0, 0.1) is 5.92 Å². The van der Waals surface area contributed by atoms with Crippen LogP contribution in [0.5, 0.6) is 0 Å². The van der Waals surface area contributed by atoms with Crippen molar-refractivity contribution in [1.29, 1.82) is 0 Å². The van der Waals surface area contributed by atoms with E-state index in [4.69, 9.17) is 20.9 Å². The topological polar surface area (TPSA) is 84.1 Å². The van der Waals surface area contributed by atoms with Gasteiger partial charge in [0, 0.05) is 12.5 Å². The number of aliphatic imine (C=N–C) groups is 1. The fraction of sp³-hybridized carbons (Fsp3) is 0.524. The Kier molecular flexibility index (Phi) is 4.14. The maximum absolute atomic E-state index is 13.7. The molecule has 2 fully saturated rings. The van der Waals surface area contributed by atoms with Gasteiger partial charge in [-0.3, -0.25) is 9.79 Å². The lowest BCUT2D eigenvalue weighted by Gasteiger charge is -2.40. The molecule has 1 aromatic heterocycles. The fourth-order valence-corrected chi connectivity index (χ4v) is 5.01. The molecule has 1 saturated carbocycles. The minimum absolute atomic E-state index is 0.0109. The van der Waals surface area contributed by atoms with Crippen molar-refractivity contribution in [3.05, 3.63) is 34.9 Å². The van der Waals surface area contributed by atoms with Gasteiger partial charge in [-0.25, -0.2) is 0 Å². The molecular formula is C21H22ClN5O3. The third-order valence-corrected chi connectivity index (χ3v) is 6.85. The number of ether oxygens (including phenoxy) is 1. The second kappa shape index (κ2) is 6.78. The van der Waals surface area contributed by atoms with E-state index >= 15 is 0 Å². The number of hydrogen-bond donors (Lipinski definition) is 0. The largest absolute Gasteiger partial charge is 0.376 e. The normalized spacial score (nSPS) is 31.9. The van der Waals surface area contributed by atoms with Crippen LogP contribution in [-0.4, -0.2) is 47.7 Å². The third-order valence-electron chi connectivity index (χ3n) is 6.54. The molecule has 0 spiro atoms. The molecule has 8 nitrogen and oxygen atoms in total. The van der Waals surface area contributed by atoms with Crippen molar-refractivity contribution >= 4 is 35.2 Å². The number of carbonyl (C=O) groups excluding carboxylic acids is 1. The average molecular weight is 428 g/mol. The maximum Gasteiger partial charge on any atom is 0.254 e. The molecule has 5 atom stereocenters. The Bertz CT molecular complexity index is 1030. The molecule has 1 amide bonds. The molecule has 5 unspecified atom stereocenters. The third kappa shape index (κ3) is 2.77. The minimum atomic E-state index is -0.567. The Morgan fingerprint density at radius 3 is 2.97 bits per heavy atom. The SMILES string of the molecule is CC1CC1c1noc(C2N=CN3c4cccc(Cl)c4N(CC4CCCO4)C(=O)C23)n1. The van der Waals surface area contributed by atoms with Crippen LogP contribution < -0.4 is 9.80 Å². The van der Waals surface area contributed by atoms with E-state index in [1.54, 1.807) is 11.2 Å². The molecule has 156 valence electrons. The van der Waals surface area contributed by atoms with E-state index in [0.29, 0.717) is 40.8 Å². The monoisotopic (exact) mass is 427 g/mol. The van der Waals surface area contributed by atoms with Gasteiger partial charge < -0.3 is 19.1 Å². The lowest BCUT2D eigenvalue weighted by atomic mass is 10.0. The van der Waals surface area contributed by atoms with E-state index < -0.39 is 12.1 Å². The summed E-state index contributed by atoms with van der Waals surface area (Å²) in [4.78, 5) is 26.5. The molecule has 0 bridgehead atoms. The number of amides is 1. The summed E-state index contributed by atoms with van der Waals surface area (Å²) in [6.07, 6.45) is 4.72. The van der Waals surface area contributed by atoms with Gasteiger partial charge in [0.05, 0.1) is 35.4 Å². The number of aromatic nitrogens is 2. The Morgan fingerprint density at radius 2 is 2.20 bits per heavy atom. The highest BCUT2D eigenvalue weighted by Gasteiger charge is 2.49. The summed E-state index contributed by atoms with van der Waals surface area (Å²) in [5.74, 6) is 1.96. The van der Waals surface area contributed by atoms with Gasteiger partial charge in [0.1, 0.15) is 6.04 Å². The van der Waals surface area contributed by atoms with Gasteiger partial charge in [0.25, 0.3) is 11.8 Å². The number of carbonyl (C=O) groups is 1. The minimum Gasteiger partial charge on any atom is -0.376 e. The predicted molar refractivity (Wildman–Crippen MR) is 111 cm³/mol. The van der Waals surface area contributed by atoms with Gasteiger partial charge in [0.2, 0.25) is 0 Å². The van der Waals surface area contributed by atoms with E-state index in [-0.39, 0.29) is 12.0 Å². The summed E-state index contributed by atoms with van der Waals surface area (Å²) in [5.41, 5.74) is 1.56. The Balaban J connectivity index is 1.37. The van der Waals surface area contributed by atoms with E-state index in [1.807, 2.05) is 23.1 Å². The Hall–Kier alpha value is -2.45. The number of hydrogen-bond acceptors (Lipinski definition) is 7. The number of anilines is 2. The second-order valence-electron chi connectivity index (χ2n) is 8.56. The highest BCUT2D eigenvalue weighted by Crippen LogP contribution is 2.48. The molecule has 2 aromatic rings. The van der Waals surface area contributed by atoms with Gasteiger partial charge >= 0.3 is 0 Å². The average Bonchev–Trinajstić information content (AvgIpc) is 3.22. The Morgan fingerprint density at radius 1 is 1.33 bits per heavy atom. The van der Waals surface area contributed by atoms with E-state index in [1.165, 1.54) is 0 Å². The predicted octanol–water partition coefficient (Wildman–Crippen LogP) is 3.33. The summed E-state index contributed by atoms with van der Waals surface area (Å²) in [6, 6.07) is 4.55. The summed E-state index contributed by atoms with van der Waals surface area (Å²) in [5, 5.41) is 4.69. The van der Waals surface area contributed by atoms with Crippen molar-refractivity contribution in [2.24, 2.45) is 10.9 Å². The molecule has 9 heteroatoms. The number of halogens is 1. The summed E-state index contributed by atoms with van der Waals surface area (Å²) >= 11 is 6.54. The van der Waals surface area contributed by atoms with Crippen molar-refractivity contribution < 1.29 is 14.1 Å². The zero-order valence-corrected chi connectivity index (χ0v) is 17.3. The summed E-state index contributed by atoms with van der Waals surface area (Å²) in [7, 11) is 0. The second-order valence-corrected chi connectivity index (χ2v) is 8.97. The lowest BCUT2D eigenvalue weighted by Crippen LogP contribution is -2.54. The first-order valence-electron chi connectivity index (χ1n) is 10.5. The van der Waals surface area contributed by atoms with Crippen LogP contribution in [0.3, 0.4) is 0 Å². The highest BCUT2D eigenvalue weighted by molar-refractivity contribution is 6.35. The van der Waals surface area contributed by atoms with Crippen LogP contribution in [0.4, 0.5) is 11.4 Å². The van der Waals surface area contributed by atoms with Crippen LogP contribution in [0.1, 0.15) is 49.9 Å². The fourth-order valence-electron chi connectivity index (χ4n) is 4.74. The number of nitrogens with zero attached hydrogens (tertiary/aromatic N) is 5. The van der Waals surface area contributed by atoms with Crippen molar-refractivity contribution in [3.63, 3.8) is 0 Å². The quantitative estimate of drug-likeness (QED) is 0.744. The molecule has 3 aliphatic heterocycles. The molecule has 1 aliphatic carbocycles. The number of rotatable bonds is 4. The molecule has 4 heterocycles. The first kappa shape index (κ1) is 18.3. The molecule has 0 N–H and O–H groups in total. The van der Waals surface area contributed by atoms with Gasteiger partial charge in [0.15, 0.2) is 11.9 Å². The summed E-state index contributed by atoms with van der Waals surface area (Å²) < 4.78 is 11.4. The van der Waals surface area contributed by atoms with Crippen molar-refractivity contribution in [2.75, 3.05) is 23.0 Å². The van der Waals surface area contributed by atoms with E-state index in [9.17, 15) is 4.79 Å². The molecular weight excluding hydrogens is 406 g/mol. The van der Waals surface area contributed by atoms with Gasteiger partial charge in [-0.15, -0.1) is 0 Å². The van der Waals surface area contributed by atoms with Crippen molar-refractivity contribution in [2.45, 2.75) is 50.3 Å². The van der Waals surface area contributed by atoms with Crippen LogP contribution in [0.25, 0.3) is 0 Å². The highest BCUT2D eigenvalue weighted by atomic mass is 35.5. The summed E-state index contributed by atoms with van der Waals surface area (Å²) in [6.45, 7) is 3.37. The first-order valence-corrected chi connectivity index (χ1v) is 10.9. The lowest BCUT2D eigenvalue weighted by molar-refractivity contribution is -0.120. The first-order chi connectivity index (χ1) is 14.6. The maximum atomic E-state index is 13.7. The van der Waals surface area contributed by atoms with Crippen molar-refractivity contribution in [1.82, 2.24) is 10.1 Å². The molecule has 6 rings (SSSR count). The molecule has 1 aromatic carbocycles. The standard InChI is InChI=1S/C21H22ClN5O3/c1-11-8-13(11)19-24-20(30-25-19)16-18-21(28)26(9-12-4-3-7-29-12)17-14(22)5-2-6-15(17)27(18)10-23-16/h2,5-6,10-13,16,18H,3-4,7-9H2,1H3. The molecule has 30 heavy (non-hydrogen) atoms. The van der Waals surface area contributed by atoms with Crippen LogP contribution in [0.15, 0.2) is 27.7 Å². The molecule has 1 saturated heterocycles. The van der Waals surface area contributed by atoms with Crippen LogP contribution in [-0.2, 0) is 9.53 Å². The van der Waals surface area contributed by atoms with Gasteiger partial charge in [-0.2, -0.15) is 4.98 Å².